The lowest BCUT2D eigenvalue weighted by Gasteiger charge is -2.03. The number of ether oxygens (including phenoxy) is 1. The molecular weight excluding hydrogens is 244 g/mol. The van der Waals surface area contributed by atoms with Gasteiger partial charge in [0.25, 0.3) is 0 Å². The summed E-state index contributed by atoms with van der Waals surface area (Å²) in [6.07, 6.45) is 1.51. The summed E-state index contributed by atoms with van der Waals surface area (Å²) in [5.41, 5.74) is 2.65. The van der Waals surface area contributed by atoms with Gasteiger partial charge in [0.05, 0.1) is 13.7 Å². The van der Waals surface area contributed by atoms with Gasteiger partial charge in [-0.25, -0.2) is 9.97 Å². The number of aromatic nitrogens is 3. The fourth-order valence-corrected chi connectivity index (χ4v) is 2.11. The Bertz CT molecular complexity index is 723. The summed E-state index contributed by atoms with van der Waals surface area (Å²) in [6, 6.07) is 5.79. The minimum Gasteiger partial charge on any atom is -0.497 e. The molecule has 2 aromatic heterocycles. The second-order valence-electron chi connectivity index (χ2n) is 4.13. The Morgan fingerprint density at radius 2 is 2.26 bits per heavy atom. The highest BCUT2D eigenvalue weighted by molar-refractivity contribution is 6.08. The van der Waals surface area contributed by atoms with Gasteiger partial charge >= 0.3 is 0 Å². The van der Waals surface area contributed by atoms with Gasteiger partial charge in [-0.2, -0.15) is 0 Å². The van der Waals surface area contributed by atoms with Crippen molar-refractivity contribution in [2.24, 2.45) is 0 Å². The minimum absolute atomic E-state index is 0.0551. The first-order chi connectivity index (χ1) is 9.33. The number of nitrogens with zero attached hydrogens (tertiary/aromatic N) is 2. The van der Waals surface area contributed by atoms with Crippen molar-refractivity contribution in [3.05, 3.63) is 24.5 Å². The van der Waals surface area contributed by atoms with E-state index >= 15 is 0 Å². The summed E-state index contributed by atoms with van der Waals surface area (Å²) in [6.45, 7) is 0.504. The van der Waals surface area contributed by atoms with Gasteiger partial charge in [0.1, 0.15) is 23.1 Å². The number of rotatable bonds is 4. The summed E-state index contributed by atoms with van der Waals surface area (Å²) in [5, 5.41) is 12.9. The average molecular weight is 258 g/mol. The maximum atomic E-state index is 8.88. The Hall–Kier alpha value is -2.34. The molecule has 1 aromatic carbocycles. The molecule has 0 unspecified atom stereocenters. The van der Waals surface area contributed by atoms with E-state index in [9.17, 15) is 0 Å². The van der Waals surface area contributed by atoms with Crippen LogP contribution in [0.5, 0.6) is 5.75 Å². The van der Waals surface area contributed by atoms with Crippen LogP contribution in [0.4, 0.5) is 5.82 Å². The summed E-state index contributed by atoms with van der Waals surface area (Å²) >= 11 is 0. The number of H-pyrrole nitrogens is 1. The number of aromatic amines is 1. The highest BCUT2D eigenvalue weighted by Gasteiger charge is 2.10. The maximum Gasteiger partial charge on any atom is 0.153 e. The predicted octanol–water partition coefficient (Wildman–Crippen LogP) is 1.52. The number of hydrogen-bond donors (Lipinski definition) is 3. The van der Waals surface area contributed by atoms with E-state index in [-0.39, 0.29) is 6.61 Å². The maximum absolute atomic E-state index is 8.88. The van der Waals surface area contributed by atoms with Crippen LogP contribution in [-0.4, -0.2) is 40.3 Å². The van der Waals surface area contributed by atoms with Crippen LogP contribution in [0.15, 0.2) is 24.5 Å². The van der Waals surface area contributed by atoms with Gasteiger partial charge in [0.15, 0.2) is 5.82 Å². The molecule has 0 saturated heterocycles. The second-order valence-corrected chi connectivity index (χ2v) is 4.13. The topological polar surface area (TPSA) is 83.1 Å². The number of methoxy groups -OCH3 is 1. The molecule has 0 aliphatic carbocycles. The van der Waals surface area contributed by atoms with Gasteiger partial charge in [-0.15, -0.1) is 0 Å². The molecule has 3 N–H and O–H groups in total. The van der Waals surface area contributed by atoms with E-state index in [0.717, 1.165) is 27.7 Å². The smallest absolute Gasteiger partial charge is 0.153 e. The number of fused-ring (bicyclic) bond motifs is 3. The highest BCUT2D eigenvalue weighted by atomic mass is 16.5. The van der Waals surface area contributed by atoms with Crippen molar-refractivity contribution >= 4 is 27.8 Å². The van der Waals surface area contributed by atoms with E-state index in [1.165, 1.54) is 6.33 Å². The molecule has 6 nitrogen and oxygen atoms in total. The molecular formula is C13H14N4O2. The largest absolute Gasteiger partial charge is 0.497 e. The van der Waals surface area contributed by atoms with Crippen molar-refractivity contribution in [1.82, 2.24) is 15.0 Å². The van der Waals surface area contributed by atoms with E-state index < -0.39 is 0 Å². The van der Waals surface area contributed by atoms with Crippen molar-refractivity contribution in [3.63, 3.8) is 0 Å². The Kier molecular flexibility index (Phi) is 2.92. The van der Waals surface area contributed by atoms with Crippen LogP contribution < -0.4 is 10.1 Å². The highest BCUT2D eigenvalue weighted by Crippen LogP contribution is 2.29. The zero-order valence-corrected chi connectivity index (χ0v) is 10.5. The first-order valence-corrected chi connectivity index (χ1v) is 5.98. The molecule has 0 atom stereocenters. The molecule has 0 amide bonds. The van der Waals surface area contributed by atoms with Crippen molar-refractivity contribution in [3.8, 4) is 5.75 Å². The van der Waals surface area contributed by atoms with Gasteiger partial charge in [-0.3, -0.25) is 0 Å². The predicted molar refractivity (Wildman–Crippen MR) is 73.5 cm³/mol. The van der Waals surface area contributed by atoms with Crippen molar-refractivity contribution < 1.29 is 9.84 Å². The molecule has 0 aliphatic heterocycles. The molecule has 0 radical (unpaired) electrons. The third-order valence-corrected chi connectivity index (χ3v) is 2.99. The molecule has 0 fully saturated rings. The summed E-state index contributed by atoms with van der Waals surface area (Å²) < 4.78 is 5.23. The fraction of sp³-hybridized carbons (Fsp3) is 0.231. The molecule has 0 spiro atoms. The fourth-order valence-electron chi connectivity index (χ4n) is 2.11. The van der Waals surface area contributed by atoms with Crippen LogP contribution in [0, 0.1) is 0 Å². The van der Waals surface area contributed by atoms with Crippen LogP contribution in [-0.2, 0) is 0 Å². The van der Waals surface area contributed by atoms with Crippen LogP contribution >= 0.6 is 0 Å². The Balaban J connectivity index is 2.21. The lowest BCUT2D eigenvalue weighted by atomic mass is 10.2. The van der Waals surface area contributed by atoms with Crippen molar-refractivity contribution in [1.29, 1.82) is 0 Å². The number of aliphatic hydroxyl groups excluding tert-OH is 1. The quantitative estimate of drug-likeness (QED) is 0.661. The Morgan fingerprint density at radius 1 is 1.37 bits per heavy atom. The molecule has 3 rings (SSSR count). The van der Waals surface area contributed by atoms with E-state index in [0.29, 0.717) is 12.4 Å². The first kappa shape index (κ1) is 11.7. The SMILES string of the molecule is COc1ccc2[nH]c3c(NCCO)ncnc3c2c1. The molecule has 6 heteroatoms. The van der Waals surface area contributed by atoms with Crippen molar-refractivity contribution in [2.75, 3.05) is 25.6 Å². The molecule has 3 aromatic rings. The van der Waals surface area contributed by atoms with E-state index in [1.807, 2.05) is 18.2 Å². The first-order valence-electron chi connectivity index (χ1n) is 5.98. The van der Waals surface area contributed by atoms with Gasteiger partial charge in [-0.05, 0) is 18.2 Å². The number of hydrogen-bond acceptors (Lipinski definition) is 5. The summed E-state index contributed by atoms with van der Waals surface area (Å²) in [5.74, 6) is 1.48. The van der Waals surface area contributed by atoms with E-state index in [4.69, 9.17) is 9.84 Å². The van der Waals surface area contributed by atoms with Gasteiger partial charge < -0.3 is 20.1 Å². The molecule has 0 aliphatic rings. The Labute approximate surface area is 109 Å². The zero-order chi connectivity index (χ0) is 13.2. The number of nitrogens with one attached hydrogen (secondary N) is 2. The standard InChI is InChI=1S/C13H14N4O2/c1-19-8-2-3-10-9(6-8)11-12(17-10)13(14-4-5-18)16-7-15-11/h2-3,6-7,17-18H,4-5H2,1H3,(H,14,15,16). The molecule has 0 bridgehead atoms. The normalized spacial score (nSPS) is 11.1. The molecule has 98 valence electrons. The minimum atomic E-state index is 0.0551. The van der Waals surface area contributed by atoms with Crippen LogP contribution in [0.1, 0.15) is 0 Å². The van der Waals surface area contributed by atoms with Gasteiger partial charge in [0, 0.05) is 17.4 Å². The summed E-state index contributed by atoms with van der Waals surface area (Å²) in [7, 11) is 1.64. The van der Waals surface area contributed by atoms with Crippen LogP contribution in [0.3, 0.4) is 0 Å². The van der Waals surface area contributed by atoms with E-state index in [2.05, 4.69) is 20.3 Å². The van der Waals surface area contributed by atoms with Crippen LogP contribution in [0.2, 0.25) is 0 Å². The third kappa shape index (κ3) is 1.96. The monoisotopic (exact) mass is 258 g/mol. The second kappa shape index (κ2) is 4.74. The Morgan fingerprint density at radius 3 is 3.05 bits per heavy atom. The van der Waals surface area contributed by atoms with Gasteiger partial charge in [-0.1, -0.05) is 0 Å². The lowest BCUT2D eigenvalue weighted by molar-refractivity contribution is 0.311. The number of anilines is 1. The average Bonchev–Trinajstić information content (AvgIpc) is 2.83. The molecule has 2 heterocycles. The zero-order valence-electron chi connectivity index (χ0n) is 10.5. The number of benzene rings is 1. The summed E-state index contributed by atoms with van der Waals surface area (Å²) in [4.78, 5) is 11.8. The van der Waals surface area contributed by atoms with Crippen molar-refractivity contribution in [2.45, 2.75) is 0 Å². The number of aliphatic hydroxyl groups is 1. The molecule has 0 saturated carbocycles. The third-order valence-electron chi connectivity index (χ3n) is 2.99. The molecule has 19 heavy (non-hydrogen) atoms. The lowest BCUT2D eigenvalue weighted by Crippen LogP contribution is -2.07. The van der Waals surface area contributed by atoms with Crippen LogP contribution in [0.25, 0.3) is 21.9 Å². The van der Waals surface area contributed by atoms with Gasteiger partial charge in [0.2, 0.25) is 0 Å². The van der Waals surface area contributed by atoms with E-state index in [1.54, 1.807) is 7.11 Å².